The number of furan rings is 1. The van der Waals surface area contributed by atoms with E-state index in [0.29, 0.717) is 13.1 Å². The molecule has 0 unspecified atom stereocenters. The van der Waals surface area contributed by atoms with Crippen molar-refractivity contribution in [3.63, 3.8) is 0 Å². The molecule has 5 nitrogen and oxygen atoms in total. The van der Waals surface area contributed by atoms with Crippen molar-refractivity contribution < 1.29 is 4.42 Å². The van der Waals surface area contributed by atoms with E-state index in [9.17, 15) is 0 Å². The average molecular weight is 206 g/mol. The van der Waals surface area contributed by atoms with Gasteiger partial charge in [0.15, 0.2) is 0 Å². The van der Waals surface area contributed by atoms with Gasteiger partial charge >= 0.3 is 0 Å². The summed E-state index contributed by atoms with van der Waals surface area (Å²) in [5.41, 5.74) is 0. The minimum absolute atomic E-state index is 0.703. The fraction of sp³-hybridized carbons (Fsp3) is 0.400. The van der Waals surface area contributed by atoms with Gasteiger partial charge in [0.25, 0.3) is 0 Å². The minimum Gasteiger partial charge on any atom is -0.468 e. The first kappa shape index (κ1) is 9.92. The van der Waals surface area contributed by atoms with Crippen LogP contribution in [0.2, 0.25) is 0 Å². The Bertz CT molecular complexity index is 393. The summed E-state index contributed by atoms with van der Waals surface area (Å²) in [6, 6.07) is 3.82. The Kier molecular flexibility index (Phi) is 3.14. The Labute approximate surface area is 88.1 Å². The largest absolute Gasteiger partial charge is 0.468 e. The van der Waals surface area contributed by atoms with E-state index >= 15 is 0 Å². The van der Waals surface area contributed by atoms with Crippen LogP contribution < -0.4 is 5.32 Å². The van der Waals surface area contributed by atoms with Crippen LogP contribution in [0.1, 0.15) is 18.5 Å². The van der Waals surface area contributed by atoms with Gasteiger partial charge in [0, 0.05) is 6.54 Å². The molecule has 80 valence electrons. The molecule has 0 saturated heterocycles. The molecule has 2 heterocycles. The molecule has 15 heavy (non-hydrogen) atoms. The van der Waals surface area contributed by atoms with Crippen molar-refractivity contribution >= 4 is 0 Å². The summed E-state index contributed by atoms with van der Waals surface area (Å²) < 4.78 is 7.07. The zero-order valence-electron chi connectivity index (χ0n) is 8.68. The lowest BCUT2D eigenvalue weighted by Crippen LogP contribution is -2.16. The summed E-state index contributed by atoms with van der Waals surface area (Å²) in [5.74, 6) is 1.88. The van der Waals surface area contributed by atoms with Gasteiger partial charge in [-0.3, -0.25) is 0 Å². The molecule has 1 N–H and O–H groups in total. The number of hydrogen-bond acceptors (Lipinski definition) is 4. The standard InChI is InChI=1S/C10H14N4O/c1-2-14-10(12-8-13-14)7-11-6-9-4-3-5-15-9/h3-5,8,11H,2,6-7H2,1H3. The van der Waals surface area contributed by atoms with Crippen LogP contribution in [-0.2, 0) is 19.6 Å². The molecule has 0 radical (unpaired) electrons. The number of hydrogen-bond donors (Lipinski definition) is 1. The topological polar surface area (TPSA) is 55.9 Å². The van der Waals surface area contributed by atoms with Crippen LogP contribution in [0.4, 0.5) is 0 Å². The lowest BCUT2D eigenvalue weighted by molar-refractivity contribution is 0.474. The summed E-state index contributed by atoms with van der Waals surface area (Å²) in [5, 5.41) is 7.34. The van der Waals surface area contributed by atoms with Crippen LogP contribution in [-0.4, -0.2) is 14.8 Å². The second-order valence-corrected chi connectivity index (χ2v) is 3.17. The molecule has 0 aliphatic heterocycles. The highest BCUT2D eigenvalue weighted by Gasteiger charge is 2.02. The quantitative estimate of drug-likeness (QED) is 0.798. The molecule has 0 aromatic carbocycles. The van der Waals surface area contributed by atoms with Crippen LogP contribution in [0.5, 0.6) is 0 Å². The third-order valence-corrected chi connectivity index (χ3v) is 2.16. The molecule has 0 bridgehead atoms. The monoisotopic (exact) mass is 206 g/mol. The van der Waals surface area contributed by atoms with E-state index in [1.165, 1.54) is 0 Å². The second kappa shape index (κ2) is 4.75. The summed E-state index contributed by atoms with van der Waals surface area (Å²) in [7, 11) is 0. The first-order valence-electron chi connectivity index (χ1n) is 5.00. The Morgan fingerprint density at radius 1 is 1.47 bits per heavy atom. The molecule has 0 aliphatic carbocycles. The predicted octanol–water partition coefficient (Wildman–Crippen LogP) is 1.18. The van der Waals surface area contributed by atoms with Gasteiger partial charge < -0.3 is 9.73 Å². The summed E-state index contributed by atoms with van der Waals surface area (Å²) in [4.78, 5) is 4.16. The molecule has 2 aromatic rings. The van der Waals surface area contributed by atoms with Crippen LogP contribution >= 0.6 is 0 Å². The van der Waals surface area contributed by atoms with Gasteiger partial charge in [0.05, 0.1) is 19.4 Å². The molecule has 0 fully saturated rings. The fourth-order valence-corrected chi connectivity index (χ4v) is 1.40. The lowest BCUT2D eigenvalue weighted by Gasteiger charge is -2.03. The molecule has 0 atom stereocenters. The van der Waals surface area contributed by atoms with E-state index in [2.05, 4.69) is 15.4 Å². The number of aryl methyl sites for hydroxylation is 1. The first-order chi connectivity index (χ1) is 7.40. The zero-order chi connectivity index (χ0) is 10.5. The van der Waals surface area contributed by atoms with Crippen molar-refractivity contribution in [2.45, 2.75) is 26.6 Å². The summed E-state index contributed by atoms with van der Waals surface area (Å²) in [6.07, 6.45) is 3.25. The molecule has 0 aliphatic rings. The SMILES string of the molecule is CCn1ncnc1CNCc1ccco1. The maximum atomic E-state index is 5.20. The zero-order valence-corrected chi connectivity index (χ0v) is 8.68. The normalized spacial score (nSPS) is 10.7. The number of aromatic nitrogens is 3. The maximum absolute atomic E-state index is 5.20. The first-order valence-corrected chi connectivity index (χ1v) is 5.00. The third-order valence-electron chi connectivity index (χ3n) is 2.16. The molecule has 5 heteroatoms. The van der Waals surface area contributed by atoms with Crippen LogP contribution in [0.15, 0.2) is 29.1 Å². The van der Waals surface area contributed by atoms with Crippen LogP contribution in [0.3, 0.4) is 0 Å². The van der Waals surface area contributed by atoms with Gasteiger partial charge in [0.1, 0.15) is 17.9 Å². The van der Waals surface area contributed by atoms with E-state index in [1.54, 1.807) is 12.6 Å². The molecule has 0 amide bonds. The van der Waals surface area contributed by atoms with E-state index in [-0.39, 0.29) is 0 Å². The molecule has 0 spiro atoms. The average Bonchev–Trinajstić information content (AvgIpc) is 2.88. The van der Waals surface area contributed by atoms with Crippen molar-refractivity contribution in [1.29, 1.82) is 0 Å². The molecule has 2 aromatic heterocycles. The highest BCUT2D eigenvalue weighted by atomic mass is 16.3. The van der Waals surface area contributed by atoms with Crippen molar-refractivity contribution in [3.8, 4) is 0 Å². The predicted molar refractivity (Wildman–Crippen MR) is 54.9 cm³/mol. The van der Waals surface area contributed by atoms with Crippen molar-refractivity contribution in [2.24, 2.45) is 0 Å². The Balaban J connectivity index is 1.83. The second-order valence-electron chi connectivity index (χ2n) is 3.17. The number of nitrogens with zero attached hydrogens (tertiary/aromatic N) is 3. The Morgan fingerprint density at radius 2 is 2.40 bits per heavy atom. The summed E-state index contributed by atoms with van der Waals surface area (Å²) in [6.45, 7) is 4.31. The number of nitrogens with one attached hydrogen (secondary N) is 1. The van der Waals surface area contributed by atoms with Crippen molar-refractivity contribution in [3.05, 3.63) is 36.3 Å². The van der Waals surface area contributed by atoms with Gasteiger partial charge in [-0.1, -0.05) is 0 Å². The van der Waals surface area contributed by atoms with Gasteiger partial charge in [-0.15, -0.1) is 0 Å². The van der Waals surface area contributed by atoms with Crippen molar-refractivity contribution in [2.75, 3.05) is 0 Å². The lowest BCUT2D eigenvalue weighted by atomic mass is 10.4. The smallest absolute Gasteiger partial charge is 0.140 e. The number of rotatable bonds is 5. The summed E-state index contributed by atoms with van der Waals surface area (Å²) >= 11 is 0. The van der Waals surface area contributed by atoms with E-state index < -0.39 is 0 Å². The molecule has 0 saturated carbocycles. The minimum atomic E-state index is 0.703. The van der Waals surface area contributed by atoms with Gasteiger partial charge in [0.2, 0.25) is 0 Å². The van der Waals surface area contributed by atoms with Crippen molar-refractivity contribution in [1.82, 2.24) is 20.1 Å². The Hall–Kier alpha value is -1.62. The molecular formula is C10H14N4O. The van der Waals surface area contributed by atoms with Gasteiger partial charge in [-0.25, -0.2) is 9.67 Å². The van der Waals surface area contributed by atoms with E-state index in [0.717, 1.165) is 18.1 Å². The van der Waals surface area contributed by atoms with Gasteiger partial charge in [-0.2, -0.15) is 5.10 Å². The molecule has 2 rings (SSSR count). The van der Waals surface area contributed by atoms with E-state index in [1.807, 2.05) is 23.7 Å². The Morgan fingerprint density at radius 3 is 3.13 bits per heavy atom. The highest BCUT2D eigenvalue weighted by molar-refractivity contribution is 4.97. The highest BCUT2D eigenvalue weighted by Crippen LogP contribution is 1.99. The van der Waals surface area contributed by atoms with E-state index in [4.69, 9.17) is 4.42 Å². The van der Waals surface area contributed by atoms with Crippen LogP contribution in [0.25, 0.3) is 0 Å². The third kappa shape index (κ3) is 2.44. The molecular weight excluding hydrogens is 192 g/mol. The fourth-order valence-electron chi connectivity index (χ4n) is 1.40. The van der Waals surface area contributed by atoms with Gasteiger partial charge in [-0.05, 0) is 19.1 Å². The van der Waals surface area contributed by atoms with Crippen LogP contribution in [0, 0.1) is 0 Å². The maximum Gasteiger partial charge on any atom is 0.140 e.